The molecule has 0 aliphatic heterocycles. The van der Waals surface area contributed by atoms with E-state index in [1.165, 1.54) is 18.4 Å². The number of nitrogens with one attached hydrogen (secondary N) is 1. The summed E-state index contributed by atoms with van der Waals surface area (Å²) in [5.74, 6) is 0.831. The number of nitrogens with zero attached hydrogens (tertiary/aromatic N) is 3. The first-order valence-electron chi connectivity index (χ1n) is 6.90. The lowest BCUT2D eigenvalue weighted by molar-refractivity contribution is 0.642. The number of hydrogen-bond donors (Lipinski definition) is 1. The zero-order valence-corrected chi connectivity index (χ0v) is 11.9. The van der Waals surface area contributed by atoms with Crippen LogP contribution >= 0.6 is 0 Å². The molecule has 0 spiro atoms. The van der Waals surface area contributed by atoms with Gasteiger partial charge >= 0.3 is 0 Å². The van der Waals surface area contributed by atoms with Crippen LogP contribution in [0.2, 0.25) is 0 Å². The predicted octanol–water partition coefficient (Wildman–Crippen LogP) is 2.27. The first-order valence-corrected chi connectivity index (χ1v) is 6.90. The minimum atomic E-state index is 0.472. The third-order valence-corrected chi connectivity index (χ3v) is 3.79. The first kappa shape index (κ1) is 13.3. The Hall–Kier alpha value is -1.16. The summed E-state index contributed by atoms with van der Waals surface area (Å²) >= 11 is 0. The van der Waals surface area contributed by atoms with Gasteiger partial charge in [0.05, 0.1) is 0 Å². The Kier molecular flexibility index (Phi) is 4.17. The molecule has 0 radical (unpaired) electrons. The van der Waals surface area contributed by atoms with E-state index in [2.05, 4.69) is 48.0 Å². The van der Waals surface area contributed by atoms with E-state index in [1.807, 2.05) is 6.20 Å². The Morgan fingerprint density at radius 1 is 1.50 bits per heavy atom. The van der Waals surface area contributed by atoms with Crippen molar-refractivity contribution >= 4 is 5.95 Å². The van der Waals surface area contributed by atoms with E-state index in [-0.39, 0.29) is 0 Å². The molecule has 1 atom stereocenters. The second-order valence-corrected chi connectivity index (χ2v) is 5.30. The maximum absolute atomic E-state index is 4.62. The maximum Gasteiger partial charge on any atom is 0.225 e. The third kappa shape index (κ3) is 3.19. The van der Waals surface area contributed by atoms with Crippen LogP contribution in [-0.2, 0) is 6.54 Å². The van der Waals surface area contributed by atoms with Gasteiger partial charge in [-0.15, -0.1) is 0 Å². The molecular weight excluding hydrogens is 224 g/mol. The molecule has 4 heteroatoms. The van der Waals surface area contributed by atoms with Gasteiger partial charge in [-0.25, -0.2) is 9.97 Å². The van der Waals surface area contributed by atoms with Gasteiger partial charge in [-0.05, 0) is 33.1 Å². The fraction of sp³-hybridized carbons (Fsp3) is 0.714. The molecule has 0 amide bonds. The molecule has 0 aromatic carbocycles. The lowest BCUT2D eigenvalue weighted by Gasteiger charge is -2.24. The zero-order valence-electron chi connectivity index (χ0n) is 11.9. The zero-order chi connectivity index (χ0) is 13.1. The van der Waals surface area contributed by atoms with Gasteiger partial charge < -0.3 is 10.2 Å². The van der Waals surface area contributed by atoms with Crippen LogP contribution in [0.1, 0.15) is 44.4 Å². The second-order valence-electron chi connectivity index (χ2n) is 5.30. The average molecular weight is 248 g/mol. The van der Waals surface area contributed by atoms with Crippen LogP contribution in [0.5, 0.6) is 0 Å². The summed E-state index contributed by atoms with van der Waals surface area (Å²) in [6.07, 6.45) is 5.69. The highest BCUT2D eigenvalue weighted by atomic mass is 15.2. The van der Waals surface area contributed by atoms with E-state index in [0.29, 0.717) is 6.04 Å². The normalized spacial score (nSPS) is 16.7. The van der Waals surface area contributed by atoms with Crippen LogP contribution < -0.4 is 10.2 Å². The molecule has 1 unspecified atom stereocenters. The van der Waals surface area contributed by atoms with Crippen molar-refractivity contribution in [1.82, 2.24) is 15.3 Å². The van der Waals surface area contributed by atoms with E-state index in [1.54, 1.807) is 0 Å². The number of anilines is 1. The fourth-order valence-electron chi connectivity index (χ4n) is 1.84. The van der Waals surface area contributed by atoms with Crippen molar-refractivity contribution in [1.29, 1.82) is 0 Å². The number of aromatic nitrogens is 2. The molecule has 1 heterocycles. The van der Waals surface area contributed by atoms with Gasteiger partial charge in [0.2, 0.25) is 5.95 Å². The minimum absolute atomic E-state index is 0.472. The molecule has 2 rings (SSSR count). The van der Waals surface area contributed by atoms with Gasteiger partial charge in [-0.1, -0.05) is 6.92 Å². The number of aryl methyl sites for hydroxylation is 1. The van der Waals surface area contributed by atoms with E-state index in [0.717, 1.165) is 30.6 Å². The van der Waals surface area contributed by atoms with E-state index < -0.39 is 0 Å². The standard InChI is InChI=1S/C14H24N4/c1-5-10(2)18(4)14-16-9-12(11(3)17-14)8-15-13-6-7-13/h9-10,13,15H,5-8H2,1-4H3. The van der Waals surface area contributed by atoms with Crippen LogP contribution in [0.3, 0.4) is 0 Å². The lowest BCUT2D eigenvalue weighted by Crippen LogP contribution is -2.30. The Labute approximate surface area is 110 Å². The highest BCUT2D eigenvalue weighted by Crippen LogP contribution is 2.20. The average Bonchev–Trinajstić information content (AvgIpc) is 3.19. The highest BCUT2D eigenvalue weighted by Gasteiger charge is 2.20. The Morgan fingerprint density at radius 2 is 2.22 bits per heavy atom. The van der Waals surface area contributed by atoms with E-state index >= 15 is 0 Å². The minimum Gasteiger partial charge on any atom is -0.341 e. The van der Waals surface area contributed by atoms with Crippen molar-refractivity contribution in [2.24, 2.45) is 0 Å². The monoisotopic (exact) mass is 248 g/mol. The molecule has 18 heavy (non-hydrogen) atoms. The van der Waals surface area contributed by atoms with Crippen LogP contribution in [0.4, 0.5) is 5.95 Å². The first-order chi connectivity index (χ1) is 8.61. The molecule has 4 nitrogen and oxygen atoms in total. The second kappa shape index (κ2) is 5.65. The quantitative estimate of drug-likeness (QED) is 0.838. The maximum atomic E-state index is 4.62. The van der Waals surface area contributed by atoms with Crippen molar-refractivity contribution in [3.63, 3.8) is 0 Å². The van der Waals surface area contributed by atoms with E-state index in [9.17, 15) is 0 Å². The fourth-order valence-corrected chi connectivity index (χ4v) is 1.84. The Bertz CT molecular complexity index is 401. The van der Waals surface area contributed by atoms with Crippen molar-refractivity contribution in [3.05, 3.63) is 17.5 Å². The molecular formula is C14H24N4. The molecule has 1 N–H and O–H groups in total. The summed E-state index contributed by atoms with van der Waals surface area (Å²) in [5, 5.41) is 3.50. The van der Waals surface area contributed by atoms with Crippen LogP contribution in [0.25, 0.3) is 0 Å². The lowest BCUT2D eigenvalue weighted by atomic mass is 10.2. The molecule has 0 saturated heterocycles. The topological polar surface area (TPSA) is 41.1 Å². The van der Waals surface area contributed by atoms with Crippen molar-refractivity contribution < 1.29 is 0 Å². The van der Waals surface area contributed by atoms with Gasteiger partial charge in [0.1, 0.15) is 0 Å². The highest BCUT2D eigenvalue weighted by molar-refractivity contribution is 5.33. The predicted molar refractivity (Wildman–Crippen MR) is 74.8 cm³/mol. The van der Waals surface area contributed by atoms with Crippen LogP contribution in [-0.4, -0.2) is 29.1 Å². The summed E-state index contributed by atoms with van der Waals surface area (Å²) < 4.78 is 0. The van der Waals surface area contributed by atoms with Gasteiger partial charge in [0, 0.05) is 43.1 Å². The summed E-state index contributed by atoms with van der Waals surface area (Å²) in [4.78, 5) is 11.2. The van der Waals surface area contributed by atoms with Crippen molar-refractivity contribution in [2.75, 3.05) is 11.9 Å². The van der Waals surface area contributed by atoms with Gasteiger partial charge in [-0.3, -0.25) is 0 Å². The van der Waals surface area contributed by atoms with Crippen LogP contribution in [0, 0.1) is 6.92 Å². The number of hydrogen-bond acceptors (Lipinski definition) is 4. The van der Waals surface area contributed by atoms with Gasteiger partial charge in [0.15, 0.2) is 0 Å². The smallest absolute Gasteiger partial charge is 0.225 e. The molecule has 1 aromatic rings. The molecule has 1 aromatic heterocycles. The molecule has 100 valence electrons. The van der Waals surface area contributed by atoms with Crippen LogP contribution in [0.15, 0.2) is 6.20 Å². The molecule has 1 fully saturated rings. The molecule has 1 saturated carbocycles. The van der Waals surface area contributed by atoms with Crippen molar-refractivity contribution in [3.8, 4) is 0 Å². The van der Waals surface area contributed by atoms with Gasteiger partial charge in [0.25, 0.3) is 0 Å². The summed E-state index contributed by atoms with van der Waals surface area (Å²) in [7, 11) is 2.06. The number of rotatable bonds is 6. The Balaban J connectivity index is 2.03. The summed E-state index contributed by atoms with van der Waals surface area (Å²) in [6, 6.07) is 1.20. The summed E-state index contributed by atoms with van der Waals surface area (Å²) in [5.41, 5.74) is 2.30. The Morgan fingerprint density at radius 3 is 2.78 bits per heavy atom. The summed E-state index contributed by atoms with van der Waals surface area (Å²) in [6.45, 7) is 7.34. The largest absolute Gasteiger partial charge is 0.341 e. The van der Waals surface area contributed by atoms with E-state index in [4.69, 9.17) is 0 Å². The van der Waals surface area contributed by atoms with Gasteiger partial charge in [-0.2, -0.15) is 0 Å². The SMILES string of the molecule is CCC(C)N(C)c1ncc(CNC2CC2)c(C)n1. The molecule has 0 bridgehead atoms. The third-order valence-electron chi connectivity index (χ3n) is 3.79. The molecule has 1 aliphatic rings. The van der Waals surface area contributed by atoms with Crippen molar-refractivity contribution in [2.45, 2.75) is 58.7 Å². The molecule has 1 aliphatic carbocycles.